The van der Waals surface area contributed by atoms with E-state index in [1.807, 2.05) is 30.3 Å². The van der Waals surface area contributed by atoms with Crippen LogP contribution in [0.1, 0.15) is 52.5 Å². The third kappa shape index (κ3) is 4.17. The molecule has 3 aromatic carbocycles. The second-order valence-electron chi connectivity index (χ2n) is 8.61. The first-order chi connectivity index (χ1) is 17.0. The second-order valence-corrected chi connectivity index (χ2v) is 9.67. The van der Waals surface area contributed by atoms with Crippen molar-refractivity contribution in [2.45, 2.75) is 31.3 Å². The first-order valence-electron chi connectivity index (χ1n) is 11.7. The Hall–Kier alpha value is -3.71. The van der Waals surface area contributed by atoms with Crippen LogP contribution in [0.4, 0.5) is 0 Å². The Kier molecular flexibility index (Phi) is 6.26. The lowest BCUT2D eigenvalue weighted by atomic mass is 9.98. The molecule has 7 heteroatoms. The number of para-hydroxylation sites is 1. The van der Waals surface area contributed by atoms with Crippen LogP contribution in [0.25, 0.3) is 16.6 Å². The minimum Gasteiger partial charge on any atom is -0.273 e. The zero-order valence-electron chi connectivity index (χ0n) is 19.6. The number of carbonyl (C=O) groups is 2. The molecule has 0 aliphatic carbocycles. The van der Waals surface area contributed by atoms with Crippen molar-refractivity contribution in [3.8, 4) is 5.69 Å². The summed E-state index contributed by atoms with van der Waals surface area (Å²) in [6.45, 7) is 4.56. The first kappa shape index (κ1) is 23.1. The van der Waals surface area contributed by atoms with Gasteiger partial charge in [-0.05, 0) is 54.3 Å². The van der Waals surface area contributed by atoms with Crippen molar-refractivity contribution in [2.24, 2.45) is 0 Å². The van der Waals surface area contributed by atoms with Crippen molar-refractivity contribution >= 4 is 34.5 Å². The topological polar surface area (TPSA) is 72.3 Å². The lowest BCUT2D eigenvalue weighted by Gasteiger charge is -2.16. The number of hydrogen-bond acceptors (Lipinski definition) is 5. The number of imide groups is 1. The molecule has 1 atom stereocenters. The fourth-order valence-corrected chi connectivity index (χ4v) is 5.23. The number of carbonyl (C=O) groups excluding carboxylic acids is 2. The Morgan fingerprint density at radius 2 is 1.49 bits per heavy atom. The molecule has 0 saturated heterocycles. The Balaban J connectivity index is 1.45. The molecule has 2 heterocycles. The molecule has 1 aliphatic rings. The van der Waals surface area contributed by atoms with Crippen LogP contribution in [0.2, 0.25) is 0 Å². The van der Waals surface area contributed by atoms with Crippen LogP contribution in [-0.4, -0.2) is 38.6 Å². The molecule has 0 N–H and O–H groups in total. The van der Waals surface area contributed by atoms with E-state index in [9.17, 15) is 14.4 Å². The summed E-state index contributed by atoms with van der Waals surface area (Å²) >= 11 is 1.36. The van der Waals surface area contributed by atoms with Crippen molar-refractivity contribution in [3.63, 3.8) is 0 Å². The molecular weight excluding hydrogens is 458 g/mol. The molecule has 6 nitrogen and oxygen atoms in total. The van der Waals surface area contributed by atoms with Crippen molar-refractivity contribution in [2.75, 3.05) is 12.3 Å². The quantitative estimate of drug-likeness (QED) is 0.203. The number of aromatic nitrogens is 2. The average molecular weight is 484 g/mol. The summed E-state index contributed by atoms with van der Waals surface area (Å²) in [4.78, 5) is 44.9. The molecule has 2 amide bonds. The SMILES string of the molecule is CCC(C)c1ccc(-n2c(SCCN3C(=O)c4ccccc4C3=O)nc3ccccc3c2=O)cc1. The van der Waals surface area contributed by atoms with E-state index in [4.69, 9.17) is 4.98 Å². The first-order valence-corrected chi connectivity index (χ1v) is 12.7. The highest BCUT2D eigenvalue weighted by Gasteiger charge is 2.34. The maximum Gasteiger partial charge on any atom is 0.266 e. The van der Waals surface area contributed by atoms with Gasteiger partial charge in [0.05, 0.1) is 27.7 Å². The zero-order chi connectivity index (χ0) is 24.5. The van der Waals surface area contributed by atoms with Crippen LogP contribution in [-0.2, 0) is 0 Å². The van der Waals surface area contributed by atoms with Gasteiger partial charge in [-0.1, -0.05) is 62.0 Å². The fourth-order valence-electron chi connectivity index (χ4n) is 4.29. The molecule has 0 fully saturated rings. The van der Waals surface area contributed by atoms with Crippen LogP contribution in [0.15, 0.2) is 82.7 Å². The van der Waals surface area contributed by atoms with E-state index in [-0.39, 0.29) is 23.9 Å². The third-order valence-electron chi connectivity index (χ3n) is 6.50. The predicted molar refractivity (Wildman–Crippen MR) is 139 cm³/mol. The molecule has 0 spiro atoms. The number of fused-ring (bicyclic) bond motifs is 2. The van der Waals surface area contributed by atoms with Gasteiger partial charge in [0.15, 0.2) is 5.16 Å². The minimum atomic E-state index is -0.282. The number of amides is 2. The van der Waals surface area contributed by atoms with Crippen molar-refractivity contribution in [3.05, 3.63) is 99.8 Å². The molecule has 4 aromatic rings. The minimum absolute atomic E-state index is 0.143. The third-order valence-corrected chi connectivity index (χ3v) is 7.42. The van der Waals surface area contributed by atoms with E-state index < -0.39 is 0 Å². The van der Waals surface area contributed by atoms with Gasteiger partial charge in [0.2, 0.25) is 0 Å². The van der Waals surface area contributed by atoms with E-state index in [0.29, 0.717) is 38.9 Å². The molecule has 35 heavy (non-hydrogen) atoms. The molecule has 1 aromatic heterocycles. The van der Waals surface area contributed by atoms with Gasteiger partial charge in [0.25, 0.3) is 17.4 Å². The molecule has 0 saturated carbocycles. The second kappa shape index (κ2) is 9.50. The molecular formula is C28H25N3O3S. The number of nitrogens with zero attached hydrogens (tertiary/aromatic N) is 3. The van der Waals surface area contributed by atoms with Crippen molar-refractivity contribution < 1.29 is 9.59 Å². The van der Waals surface area contributed by atoms with Gasteiger partial charge in [-0.15, -0.1) is 0 Å². The van der Waals surface area contributed by atoms with E-state index in [1.165, 1.54) is 22.2 Å². The average Bonchev–Trinajstić information content (AvgIpc) is 3.13. The van der Waals surface area contributed by atoms with Crippen LogP contribution in [0, 0.1) is 0 Å². The Labute approximate surface area is 207 Å². The van der Waals surface area contributed by atoms with E-state index in [1.54, 1.807) is 34.9 Å². The molecule has 0 bridgehead atoms. The maximum absolute atomic E-state index is 13.5. The monoisotopic (exact) mass is 483 g/mol. The summed E-state index contributed by atoms with van der Waals surface area (Å²) in [7, 11) is 0. The number of rotatable bonds is 7. The van der Waals surface area contributed by atoms with Crippen LogP contribution < -0.4 is 5.56 Å². The van der Waals surface area contributed by atoms with Crippen LogP contribution in [0.5, 0.6) is 0 Å². The highest BCUT2D eigenvalue weighted by molar-refractivity contribution is 7.99. The summed E-state index contributed by atoms with van der Waals surface area (Å²) in [5.41, 5.74) is 3.30. The molecule has 176 valence electrons. The maximum atomic E-state index is 13.5. The molecule has 1 unspecified atom stereocenters. The van der Waals surface area contributed by atoms with Gasteiger partial charge < -0.3 is 0 Å². The summed E-state index contributed by atoms with van der Waals surface area (Å²) in [5, 5.41) is 1.07. The number of benzene rings is 3. The van der Waals surface area contributed by atoms with Gasteiger partial charge in [-0.2, -0.15) is 0 Å². The zero-order valence-corrected chi connectivity index (χ0v) is 20.4. The summed E-state index contributed by atoms with van der Waals surface area (Å²) in [5.74, 6) is 0.289. The summed E-state index contributed by atoms with van der Waals surface area (Å²) in [6, 6.07) is 22.2. The Morgan fingerprint density at radius 3 is 2.14 bits per heavy atom. The van der Waals surface area contributed by atoms with Gasteiger partial charge in [0.1, 0.15) is 0 Å². The highest BCUT2D eigenvalue weighted by atomic mass is 32.2. The lowest BCUT2D eigenvalue weighted by molar-refractivity contribution is 0.0664. The molecule has 0 radical (unpaired) electrons. The predicted octanol–water partition coefficient (Wildman–Crippen LogP) is 5.29. The summed E-state index contributed by atoms with van der Waals surface area (Å²) in [6.07, 6.45) is 1.04. The summed E-state index contributed by atoms with van der Waals surface area (Å²) < 4.78 is 1.62. The van der Waals surface area contributed by atoms with Crippen LogP contribution >= 0.6 is 11.8 Å². The van der Waals surface area contributed by atoms with Crippen molar-refractivity contribution in [1.82, 2.24) is 14.5 Å². The largest absolute Gasteiger partial charge is 0.273 e. The molecule has 1 aliphatic heterocycles. The van der Waals surface area contributed by atoms with E-state index >= 15 is 0 Å². The highest BCUT2D eigenvalue weighted by Crippen LogP contribution is 2.26. The Bertz CT molecular complexity index is 1460. The van der Waals surface area contributed by atoms with Gasteiger partial charge in [-0.25, -0.2) is 4.98 Å². The standard InChI is InChI=1S/C28H25N3O3S/c1-3-18(2)19-12-14-20(15-13-19)31-27(34)23-10-6-7-11-24(23)29-28(31)35-17-16-30-25(32)21-8-4-5-9-22(21)26(30)33/h4-15,18H,3,16-17H2,1-2H3. The number of hydrogen-bond donors (Lipinski definition) is 0. The lowest BCUT2D eigenvalue weighted by Crippen LogP contribution is -2.32. The van der Waals surface area contributed by atoms with Gasteiger partial charge >= 0.3 is 0 Å². The van der Waals surface area contributed by atoms with Gasteiger partial charge in [0, 0.05) is 12.3 Å². The van der Waals surface area contributed by atoms with Gasteiger partial charge in [-0.3, -0.25) is 23.9 Å². The van der Waals surface area contributed by atoms with Crippen LogP contribution in [0.3, 0.4) is 0 Å². The molecule has 5 rings (SSSR count). The normalized spacial score (nSPS) is 13.9. The fraction of sp³-hybridized carbons (Fsp3) is 0.214. The smallest absolute Gasteiger partial charge is 0.266 e. The number of thioether (sulfide) groups is 1. The van der Waals surface area contributed by atoms with E-state index in [2.05, 4.69) is 26.0 Å². The Morgan fingerprint density at radius 1 is 0.857 bits per heavy atom. The van der Waals surface area contributed by atoms with Crippen molar-refractivity contribution in [1.29, 1.82) is 0 Å². The van der Waals surface area contributed by atoms with E-state index in [0.717, 1.165) is 12.1 Å².